The van der Waals surface area contributed by atoms with Crippen molar-refractivity contribution in [2.45, 2.75) is 26.9 Å². The second-order valence-corrected chi connectivity index (χ2v) is 5.37. The molecule has 0 spiro atoms. The van der Waals surface area contributed by atoms with Gasteiger partial charge in [0.1, 0.15) is 18.0 Å². The zero-order valence-corrected chi connectivity index (χ0v) is 13.4. The predicted octanol–water partition coefficient (Wildman–Crippen LogP) is 1.57. The fraction of sp³-hybridized carbons (Fsp3) is 0.235. The molecule has 0 bridgehead atoms. The van der Waals surface area contributed by atoms with Crippen molar-refractivity contribution in [2.75, 3.05) is 5.32 Å². The summed E-state index contributed by atoms with van der Waals surface area (Å²) in [6.45, 7) is 2.97. The standard InChI is InChI=1S/C17H18FN3O3/c1-11-6-7-15(20-12(2)22)17(24)21(11)10-16(23)19-9-13-4-3-5-14(18)8-13/h3-8H,9-10H2,1-2H3,(H,19,23)(H,20,22). The number of hydrogen-bond donors (Lipinski definition) is 2. The molecular formula is C17H18FN3O3. The number of anilines is 1. The number of aryl methyl sites for hydroxylation is 1. The van der Waals surface area contributed by atoms with E-state index in [0.717, 1.165) is 0 Å². The minimum Gasteiger partial charge on any atom is -0.350 e. The highest BCUT2D eigenvalue weighted by Crippen LogP contribution is 2.05. The first-order valence-electron chi connectivity index (χ1n) is 7.36. The van der Waals surface area contributed by atoms with Crippen LogP contribution in [-0.4, -0.2) is 16.4 Å². The van der Waals surface area contributed by atoms with Crippen LogP contribution in [0.1, 0.15) is 18.2 Å². The number of benzene rings is 1. The lowest BCUT2D eigenvalue weighted by Gasteiger charge is -2.12. The van der Waals surface area contributed by atoms with E-state index < -0.39 is 5.56 Å². The van der Waals surface area contributed by atoms with Crippen LogP contribution in [0.5, 0.6) is 0 Å². The summed E-state index contributed by atoms with van der Waals surface area (Å²) in [6.07, 6.45) is 0. The van der Waals surface area contributed by atoms with Crippen LogP contribution < -0.4 is 16.2 Å². The summed E-state index contributed by atoms with van der Waals surface area (Å²) in [7, 11) is 0. The number of nitrogens with zero attached hydrogens (tertiary/aromatic N) is 1. The van der Waals surface area contributed by atoms with E-state index in [1.807, 2.05) is 0 Å². The molecule has 1 heterocycles. The molecule has 1 aromatic heterocycles. The molecule has 2 amide bonds. The van der Waals surface area contributed by atoms with Gasteiger partial charge in [-0.15, -0.1) is 0 Å². The molecule has 126 valence electrons. The molecule has 0 unspecified atom stereocenters. The summed E-state index contributed by atoms with van der Waals surface area (Å²) in [5, 5.41) is 5.07. The topological polar surface area (TPSA) is 80.2 Å². The lowest BCUT2D eigenvalue weighted by atomic mass is 10.2. The number of pyridine rings is 1. The van der Waals surface area contributed by atoms with Gasteiger partial charge in [0.2, 0.25) is 11.8 Å². The molecule has 0 saturated carbocycles. The summed E-state index contributed by atoms with van der Waals surface area (Å²) in [6, 6.07) is 9.05. The number of aromatic nitrogens is 1. The molecule has 24 heavy (non-hydrogen) atoms. The van der Waals surface area contributed by atoms with E-state index >= 15 is 0 Å². The Bertz CT molecular complexity index is 830. The highest BCUT2D eigenvalue weighted by Gasteiger charge is 2.11. The van der Waals surface area contributed by atoms with E-state index in [-0.39, 0.29) is 36.4 Å². The van der Waals surface area contributed by atoms with Gasteiger partial charge in [-0.1, -0.05) is 12.1 Å². The van der Waals surface area contributed by atoms with E-state index in [1.165, 1.54) is 29.7 Å². The molecule has 0 atom stereocenters. The summed E-state index contributed by atoms with van der Waals surface area (Å²) < 4.78 is 14.4. The maximum Gasteiger partial charge on any atom is 0.274 e. The van der Waals surface area contributed by atoms with Crippen molar-refractivity contribution in [3.05, 3.63) is 63.8 Å². The van der Waals surface area contributed by atoms with Crippen molar-refractivity contribution in [3.8, 4) is 0 Å². The number of halogens is 1. The van der Waals surface area contributed by atoms with Crippen molar-refractivity contribution < 1.29 is 14.0 Å². The molecule has 0 radical (unpaired) electrons. The van der Waals surface area contributed by atoms with Crippen molar-refractivity contribution in [1.29, 1.82) is 0 Å². The highest BCUT2D eigenvalue weighted by molar-refractivity contribution is 5.88. The quantitative estimate of drug-likeness (QED) is 0.873. The molecular weight excluding hydrogens is 313 g/mol. The van der Waals surface area contributed by atoms with Gasteiger partial charge in [0.05, 0.1) is 0 Å². The third-order valence-corrected chi connectivity index (χ3v) is 3.38. The number of rotatable bonds is 5. The average Bonchev–Trinajstić information content (AvgIpc) is 2.52. The highest BCUT2D eigenvalue weighted by atomic mass is 19.1. The van der Waals surface area contributed by atoms with Gasteiger partial charge in [0.25, 0.3) is 5.56 Å². The molecule has 0 aliphatic rings. The summed E-state index contributed by atoms with van der Waals surface area (Å²) >= 11 is 0. The third-order valence-electron chi connectivity index (χ3n) is 3.38. The number of nitrogens with one attached hydrogen (secondary N) is 2. The van der Waals surface area contributed by atoms with Crippen molar-refractivity contribution in [1.82, 2.24) is 9.88 Å². The number of hydrogen-bond acceptors (Lipinski definition) is 3. The van der Waals surface area contributed by atoms with E-state index in [2.05, 4.69) is 10.6 Å². The third kappa shape index (κ3) is 4.52. The molecule has 0 saturated heterocycles. The van der Waals surface area contributed by atoms with Crippen LogP contribution in [0.2, 0.25) is 0 Å². The van der Waals surface area contributed by atoms with Crippen LogP contribution >= 0.6 is 0 Å². The molecule has 6 nitrogen and oxygen atoms in total. The Balaban J connectivity index is 2.08. The van der Waals surface area contributed by atoms with Gasteiger partial charge in [-0.25, -0.2) is 4.39 Å². The molecule has 0 fully saturated rings. The van der Waals surface area contributed by atoms with Crippen molar-refractivity contribution in [3.63, 3.8) is 0 Å². The van der Waals surface area contributed by atoms with Crippen LogP contribution in [-0.2, 0) is 22.7 Å². The SMILES string of the molecule is CC(=O)Nc1ccc(C)n(CC(=O)NCc2cccc(F)c2)c1=O. The van der Waals surface area contributed by atoms with Crippen molar-refractivity contribution >= 4 is 17.5 Å². The minimum atomic E-state index is -0.453. The van der Waals surface area contributed by atoms with Gasteiger partial charge in [0, 0.05) is 19.2 Å². The normalized spacial score (nSPS) is 10.3. The van der Waals surface area contributed by atoms with Crippen LogP contribution in [0.15, 0.2) is 41.2 Å². The van der Waals surface area contributed by atoms with Gasteiger partial charge in [0.15, 0.2) is 0 Å². The molecule has 2 N–H and O–H groups in total. The lowest BCUT2D eigenvalue weighted by molar-refractivity contribution is -0.122. The van der Waals surface area contributed by atoms with Gasteiger partial charge >= 0.3 is 0 Å². The Kier molecular flexibility index (Phi) is 5.47. The zero-order valence-electron chi connectivity index (χ0n) is 13.4. The van der Waals surface area contributed by atoms with Crippen LogP contribution in [0.25, 0.3) is 0 Å². The van der Waals surface area contributed by atoms with E-state index in [9.17, 15) is 18.8 Å². The van der Waals surface area contributed by atoms with Crippen LogP contribution in [0.3, 0.4) is 0 Å². The van der Waals surface area contributed by atoms with Gasteiger partial charge in [-0.3, -0.25) is 14.4 Å². The predicted molar refractivity (Wildman–Crippen MR) is 88.0 cm³/mol. The monoisotopic (exact) mass is 331 g/mol. The van der Waals surface area contributed by atoms with E-state index in [4.69, 9.17) is 0 Å². The average molecular weight is 331 g/mol. The van der Waals surface area contributed by atoms with Gasteiger partial charge in [-0.2, -0.15) is 0 Å². The molecule has 2 aromatic rings. The Hall–Kier alpha value is -2.96. The van der Waals surface area contributed by atoms with E-state index in [1.54, 1.807) is 25.1 Å². The molecule has 0 aliphatic carbocycles. The first kappa shape index (κ1) is 17.4. The first-order valence-corrected chi connectivity index (χ1v) is 7.36. The smallest absolute Gasteiger partial charge is 0.274 e. The summed E-state index contributed by atoms with van der Waals surface area (Å²) in [5.74, 6) is -1.13. The Labute approximate surface area is 138 Å². The Morgan fingerprint density at radius 1 is 1.21 bits per heavy atom. The van der Waals surface area contributed by atoms with Crippen LogP contribution in [0, 0.1) is 12.7 Å². The van der Waals surface area contributed by atoms with E-state index in [0.29, 0.717) is 11.3 Å². The minimum absolute atomic E-state index is 0.117. The Morgan fingerprint density at radius 2 is 1.96 bits per heavy atom. The lowest BCUT2D eigenvalue weighted by Crippen LogP contribution is -2.34. The molecule has 2 rings (SSSR count). The van der Waals surface area contributed by atoms with Crippen molar-refractivity contribution in [2.24, 2.45) is 0 Å². The fourth-order valence-electron chi connectivity index (χ4n) is 2.20. The maximum absolute atomic E-state index is 13.1. The Morgan fingerprint density at radius 3 is 2.62 bits per heavy atom. The first-order chi connectivity index (χ1) is 11.4. The van der Waals surface area contributed by atoms with Crippen LogP contribution in [0.4, 0.5) is 10.1 Å². The van der Waals surface area contributed by atoms with Gasteiger partial charge < -0.3 is 15.2 Å². The number of amides is 2. The summed E-state index contributed by atoms with van der Waals surface area (Å²) in [5.41, 5.74) is 0.881. The van der Waals surface area contributed by atoms with Gasteiger partial charge in [-0.05, 0) is 36.8 Å². The molecule has 0 aliphatic heterocycles. The zero-order chi connectivity index (χ0) is 17.7. The molecule has 7 heteroatoms. The largest absolute Gasteiger partial charge is 0.350 e. The fourth-order valence-corrected chi connectivity index (χ4v) is 2.20. The number of carbonyl (C=O) groups excluding carboxylic acids is 2. The second-order valence-electron chi connectivity index (χ2n) is 5.37. The maximum atomic E-state index is 13.1. The number of carbonyl (C=O) groups is 2. The second kappa shape index (κ2) is 7.54. The molecule has 1 aromatic carbocycles. The summed E-state index contributed by atoms with van der Waals surface area (Å²) in [4.78, 5) is 35.5.